The predicted octanol–water partition coefficient (Wildman–Crippen LogP) is 2.55. The molecule has 4 aromatic rings. The summed E-state index contributed by atoms with van der Waals surface area (Å²) in [7, 11) is 1.97. The second-order valence-corrected chi connectivity index (χ2v) is 7.10. The van der Waals surface area contributed by atoms with Crippen LogP contribution in [0.25, 0.3) is 33.3 Å². The molecule has 2 aromatic carbocycles. The molecule has 0 bridgehead atoms. The first-order valence-corrected chi connectivity index (χ1v) is 9.82. The van der Waals surface area contributed by atoms with Crippen molar-refractivity contribution in [3.63, 3.8) is 0 Å². The number of aromatic nitrogens is 2. The molecular weight excluding hydrogens is 360 g/mol. The number of hydrogen-bond acceptors (Lipinski definition) is 3. The van der Waals surface area contributed by atoms with Crippen molar-refractivity contribution in [2.45, 2.75) is 6.54 Å². The number of H-pyrrole nitrogens is 1. The van der Waals surface area contributed by atoms with E-state index in [4.69, 9.17) is 4.98 Å². The van der Waals surface area contributed by atoms with E-state index in [0.717, 1.165) is 45.6 Å². The molecule has 2 aromatic heterocycles. The Morgan fingerprint density at radius 2 is 1.76 bits per heavy atom. The van der Waals surface area contributed by atoms with Gasteiger partial charge in [0.1, 0.15) is 6.54 Å². The summed E-state index contributed by atoms with van der Waals surface area (Å²) < 4.78 is 0. The quantitative estimate of drug-likeness (QED) is 0.535. The molecule has 0 atom stereocenters. The molecule has 0 aliphatic heterocycles. The first-order chi connectivity index (χ1) is 14.2. The molecule has 5 heteroatoms. The summed E-state index contributed by atoms with van der Waals surface area (Å²) in [6.45, 7) is 1.41. The molecule has 0 radical (unpaired) electrons. The average molecular weight is 386 g/mol. The van der Waals surface area contributed by atoms with Gasteiger partial charge in [-0.05, 0) is 11.6 Å². The second-order valence-electron chi connectivity index (χ2n) is 7.10. The normalized spacial score (nSPS) is 11.0. The smallest absolute Gasteiger partial charge is 0.283 e. The molecule has 146 valence electrons. The first-order valence-electron chi connectivity index (χ1n) is 9.82. The number of likely N-dealkylation sites (N-methyl/N-ethyl adjacent to an activating group) is 1. The predicted molar refractivity (Wildman–Crippen MR) is 116 cm³/mol. The third kappa shape index (κ3) is 3.83. The van der Waals surface area contributed by atoms with Crippen LogP contribution in [0.15, 0.2) is 72.9 Å². The van der Waals surface area contributed by atoms with Gasteiger partial charge in [0, 0.05) is 22.8 Å². The standard InChI is InChI=1S/C24H24N4O/c1-28(13-14-29)24-21-15-20(18-5-3-2-4-6-18)23(27-22(21)11-12-26-24)19-9-7-17(16-25)8-10-19/h2-12,15,29H,13-14,16,25H2,1H3/p+2. The number of fused-ring (bicyclic) bond motifs is 1. The van der Waals surface area contributed by atoms with E-state index < -0.39 is 0 Å². The van der Waals surface area contributed by atoms with Gasteiger partial charge in [0.15, 0.2) is 0 Å². The topological polar surface area (TPSA) is 78.1 Å². The van der Waals surface area contributed by atoms with Gasteiger partial charge < -0.3 is 10.8 Å². The lowest BCUT2D eigenvalue weighted by atomic mass is 9.97. The van der Waals surface area contributed by atoms with Crippen LogP contribution >= 0.6 is 0 Å². The fraction of sp³-hybridized carbons (Fsp3) is 0.167. The van der Waals surface area contributed by atoms with E-state index in [1.807, 2.05) is 42.4 Å². The summed E-state index contributed by atoms with van der Waals surface area (Å²) in [6, 6.07) is 23.0. The van der Waals surface area contributed by atoms with E-state index in [0.29, 0.717) is 6.54 Å². The molecule has 0 saturated carbocycles. The van der Waals surface area contributed by atoms with Crippen LogP contribution in [0.1, 0.15) is 5.56 Å². The van der Waals surface area contributed by atoms with Gasteiger partial charge in [-0.3, -0.25) is 4.90 Å². The molecule has 0 spiro atoms. The minimum atomic E-state index is 0.0937. The zero-order valence-electron chi connectivity index (χ0n) is 16.6. The summed E-state index contributed by atoms with van der Waals surface area (Å²) >= 11 is 0. The van der Waals surface area contributed by atoms with Gasteiger partial charge in [-0.2, -0.15) is 0 Å². The summed E-state index contributed by atoms with van der Waals surface area (Å²) in [4.78, 5) is 10.4. The first kappa shape index (κ1) is 19.1. The van der Waals surface area contributed by atoms with E-state index in [9.17, 15) is 5.11 Å². The number of aliphatic hydroxyl groups is 1. The van der Waals surface area contributed by atoms with Gasteiger partial charge >= 0.3 is 0 Å². The van der Waals surface area contributed by atoms with Crippen LogP contribution in [0.3, 0.4) is 0 Å². The molecule has 0 saturated heterocycles. The lowest BCUT2D eigenvalue weighted by molar-refractivity contribution is -0.386. The van der Waals surface area contributed by atoms with E-state index in [-0.39, 0.29) is 6.61 Å². The molecule has 5 N–H and O–H groups in total. The average Bonchev–Trinajstić information content (AvgIpc) is 2.78. The number of nitrogens with zero attached hydrogens (tertiary/aromatic N) is 2. The third-order valence-electron chi connectivity index (χ3n) is 5.19. The summed E-state index contributed by atoms with van der Waals surface area (Å²) in [6.07, 6.45) is 1.90. The van der Waals surface area contributed by atoms with Crippen molar-refractivity contribution in [2.75, 3.05) is 25.1 Å². The van der Waals surface area contributed by atoms with Crippen molar-refractivity contribution >= 4 is 16.7 Å². The number of nitrogens with one attached hydrogen (secondary N) is 1. The number of quaternary nitrogens is 1. The van der Waals surface area contributed by atoms with Crippen LogP contribution in [0, 0.1) is 0 Å². The van der Waals surface area contributed by atoms with Crippen molar-refractivity contribution in [1.29, 1.82) is 0 Å². The van der Waals surface area contributed by atoms with E-state index >= 15 is 0 Å². The molecule has 0 aliphatic rings. The molecule has 0 unspecified atom stereocenters. The van der Waals surface area contributed by atoms with Crippen LogP contribution < -0.4 is 15.6 Å². The maximum atomic E-state index is 9.36. The van der Waals surface area contributed by atoms with Crippen molar-refractivity contribution in [1.82, 2.24) is 4.98 Å². The van der Waals surface area contributed by atoms with Gasteiger partial charge in [0.2, 0.25) is 0 Å². The van der Waals surface area contributed by atoms with Gasteiger partial charge in [0.25, 0.3) is 5.82 Å². The highest BCUT2D eigenvalue weighted by molar-refractivity contribution is 5.96. The molecular formula is C24H26N4O+2. The number of aromatic amines is 1. The van der Waals surface area contributed by atoms with Gasteiger partial charge in [-0.1, -0.05) is 54.6 Å². The molecule has 5 nitrogen and oxygen atoms in total. The SMILES string of the molecule is CN(CCO)c1[nH+]ccc2nc(-c3ccc(C[NH3+])cc3)c(-c3ccccc3)cc12. The number of aliphatic hydroxyl groups excluding tert-OH is 1. The van der Waals surface area contributed by atoms with Crippen LogP contribution in [-0.4, -0.2) is 30.3 Å². The lowest BCUT2D eigenvalue weighted by Gasteiger charge is -2.15. The Hall–Kier alpha value is -3.28. The van der Waals surface area contributed by atoms with Crippen molar-refractivity contribution in [2.24, 2.45) is 0 Å². The fourth-order valence-electron chi connectivity index (χ4n) is 3.59. The molecule has 4 rings (SSSR count). The van der Waals surface area contributed by atoms with Crippen molar-refractivity contribution in [3.8, 4) is 22.4 Å². The Balaban J connectivity index is 1.96. The lowest BCUT2D eigenvalue weighted by Crippen LogP contribution is -2.47. The highest BCUT2D eigenvalue weighted by Gasteiger charge is 2.19. The molecule has 29 heavy (non-hydrogen) atoms. The number of hydrogen-bond donors (Lipinski definition) is 2. The van der Waals surface area contributed by atoms with Crippen LogP contribution in [0.5, 0.6) is 0 Å². The van der Waals surface area contributed by atoms with E-state index in [1.165, 1.54) is 5.56 Å². The molecule has 0 amide bonds. The Morgan fingerprint density at radius 3 is 2.45 bits per heavy atom. The van der Waals surface area contributed by atoms with Gasteiger partial charge in [-0.15, -0.1) is 0 Å². The van der Waals surface area contributed by atoms with Crippen LogP contribution in [-0.2, 0) is 6.54 Å². The minimum absolute atomic E-state index is 0.0937. The van der Waals surface area contributed by atoms with Crippen LogP contribution in [0.4, 0.5) is 5.82 Å². The Labute approximate surface area is 170 Å². The minimum Gasteiger partial charge on any atom is -0.392 e. The second kappa shape index (κ2) is 8.39. The van der Waals surface area contributed by atoms with Gasteiger partial charge in [-0.25, -0.2) is 9.97 Å². The molecule has 0 fully saturated rings. The Kier molecular flexibility index (Phi) is 5.51. The van der Waals surface area contributed by atoms with Crippen molar-refractivity contribution in [3.05, 3.63) is 78.5 Å². The van der Waals surface area contributed by atoms with Crippen LogP contribution in [0.2, 0.25) is 0 Å². The zero-order valence-corrected chi connectivity index (χ0v) is 16.6. The fourth-order valence-corrected chi connectivity index (χ4v) is 3.59. The number of benzene rings is 2. The van der Waals surface area contributed by atoms with Gasteiger partial charge in [0.05, 0.1) is 43.0 Å². The Morgan fingerprint density at radius 1 is 1.00 bits per heavy atom. The zero-order chi connectivity index (χ0) is 20.2. The monoisotopic (exact) mass is 386 g/mol. The molecule has 2 heterocycles. The highest BCUT2D eigenvalue weighted by Crippen LogP contribution is 2.35. The van der Waals surface area contributed by atoms with E-state index in [1.54, 1.807) is 0 Å². The number of anilines is 1. The van der Waals surface area contributed by atoms with E-state index in [2.05, 4.69) is 53.2 Å². The number of rotatable bonds is 6. The third-order valence-corrected chi connectivity index (χ3v) is 5.19. The largest absolute Gasteiger partial charge is 0.392 e. The molecule has 0 aliphatic carbocycles. The number of pyridine rings is 2. The Bertz CT molecular complexity index is 1110. The summed E-state index contributed by atoms with van der Waals surface area (Å²) in [5, 5.41) is 10.4. The highest BCUT2D eigenvalue weighted by atomic mass is 16.3. The summed E-state index contributed by atoms with van der Waals surface area (Å²) in [5.74, 6) is 0.945. The maximum Gasteiger partial charge on any atom is 0.283 e. The maximum absolute atomic E-state index is 9.36. The summed E-state index contributed by atoms with van der Waals surface area (Å²) in [5.41, 5.74) is 10.3. The van der Waals surface area contributed by atoms with Crippen molar-refractivity contribution < 1.29 is 15.8 Å².